The summed E-state index contributed by atoms with van der Waals surface area (Å²) in [5.74, 6) is 1.18. The van der Waals surface area contributed by atoms with Crippen molar-refractivity contribution in [3.63, 3.8) is 0 Å². The van der Waals surface area contributed by atoms with Gasteiger partial charge in [-0.2, -0.15) is 0 Å². The molecular formula is C22H26ClNO4. The number of aliphatic hydroxyl groups is 1. The van der Waals surface area contributed by atoms with Crippen LogP contribution in [0.15, 0.2) is 42.5 Å². The first kappa shape index (κ1) is 20.5. The van der Waals surface area contributed by atoms with Gasteiger partial charge in [0.2, 0.25) is 0 Å². The van der Waals surface area contributed by atoms with Gasteiger partial charge in [-0.05, 0) is 62.1 Å². The Morgan fingerprint density at radius 1 is 1.21 bits per heavy atom. The van der Waals surface area contributed by atoms with E-state index in [0.29, 0.717) is 54.4 Å². The summed E-state index contributed by atoms with van der Waals surface area (Å²) in [6.45, 7) is 3.18. The number of rotatable bonds is 5. The number of aryl methyl sites for hydroxylation is 1. The van der Waals surface area contributed by atoms with Crippen LogP contribution in [0.4, 0.5) is 0 Å². The van der Waals surface area contributed by atoms with Gasteiger partial charge >= 0.3 is 0 Å². The van der Waals surface area contributed by atoms with Crippen molar-refractivity contribution >= 4 is 17.5 Å². The standard InChI is InChI=1S/C22H26ClNO4/c1-16-7-8-19(23)20(13-16)28-15-22(26)9-4-11-24(12-10-22)21(25)17-5-3-6-18(14-17)27-2/h3,5-8,13-14,26H,4,9-12,15H2,1-2H3. The first-order chi connectivity index (χ1) is 13.4. The number of carbonyl (C=O) groups excluding carboxylic acids is 1. The van der Waals surface area contributed by atoms with E-state index in [1.54, 1.807) is 36.3 Å². The maximum Gasteiger partial charge on any atom is 0.253 e. The zero-order valence-corrected chi connectivity index (χ0v) is 17.0. The van der Waals surface area contributed by atoms with E-state index in [9.17, 15) is 9.90 Å². The second-order valence-electron chi connectivity index (χ2n) is 7.32. The van der Waals surface area contributed by atoms with Crippen molar-refractivity contribution in [2.24, 2.45) is 0 Å². The topological polar surface area (TPSA) is 59.0 Å². The van der Waals surface area contributed by atoms with Gasteiger partial charge in [0.1, 0.15) is 23.7 Å². The van der Waals surface area contributed by atoms with Crippen molar-refractivity contribution in [2.45, 2.75) is 31.8 Å². The molecule has 0 spiro atoms. The van der Waals surface area contributed by atoms with Gasteiger partial charge in [0.15, 0.2) is 0 Å². The van der Waals surface area contributed by atoms with Gasteiger partial charge < -0.3 is 19.5 Å². The molecule has 1 amide bonds. The van der Waals surface area contributed by atoms with Crippen LogP contribution in [-0.2, 0) is 0 Å². The first-order valence-electron chi connectivity index (χ1n) is 9.45. The minimum Gasteiger partial charge on any atom is -0.497 e. The average Bonchev–Trinajstić information content (AvgIpc) is 2.90. The largest absolute Gasteiger partial charge is 0.497 e. The summed E-state index contributed by atoms with van der Waals surface area (Å²) in [5.41, 5.74) is 0.645. The Balaban J connectivity index is 1.63. The molecule has 1 N–H and O–H groups in total. The summed E-state index contributed by atoms with van der Waals surface area (Å²) in [5, 5.41) is 11.5. The number of hydrogen-bond donors (Lipinski definition) is 1. The van der Waals surface area contributed by atoms with Gasteiger partial charge in [-0.15, -0.1) is 0 Å². The molecule has 1 unspecified atom stereocenters. The van der Waals surface area contributed by atoms with Crippen molar-refractivity contribution in [1.82, 2.24) is 4.90 Å². The van der Waals surface area contributed by atoms with Crippen molar-refractivity contribution in [2.75, 3.05) is 26.8 Å². The van der Waals surface area contributed by atoms with Gasteiger partial charge in [-0.1, -0.05) is 23.7 Å². The molecule has 1 aliphatic heterocycles. The molecule has 2 aromatic rings. The molecule has 2 aromatic carbocycles. The van der Waals surface area contributed by atoms with Crippen LogP contribution >= 0.6 is 11.6 Å². The summed E-state index contributed by atoms with van der Waals surface area (Å²) >= 11 is 6.18. The van der Waals surface area contributed by atoms with E-state index in [4.69, 9.17) is 21.1 Å². The van der Waals surface area contributed by atoms with Crippen LogP contribution in [-0.4, -0.2) is 48.3 Å². The molecule has 150 valence electrons. The number of nitrogens with zero attached hydrogens (tertiary/aromatic N) is 1. The molecule has 0 aromatic heterocycles. The lowest BCUT2D eigenvalue weighted by Gasteiger charge is -2.27. The van der Waals surface area contributed by atoms with Gasteiger partial charge in [0.25, 0.3) is 5.91 Å². The summed E-state index contributed by atoms with van der Waals surface area (Å²) < 4.78 is 11.0. The molecule has 0 saturated carbocycles. The molecule has 1 saturated heterocycles. The number of ether oxygens (including phenoxy) is 2. The highest BCUT2D eigenvalue weighted by Crippen LogP contribution is 2.29. The van der Waals surface area contributed by atoms with Gasteiger partial charge in [0, 0.05) is 18.7 Å². The lowest BCUT2D eigenvalue weighted by atomic mass is 9.96. The molecule has 5 nitrogen and oxygen atoms in total. The maximum absolute atomic E-state index is 12.8. The minimum atomic E-state index is -0.990. The normalized spacial score (nSPS) is 19.8. The van der Waals surface area contributed by atoms with E-state index >= 15 is 0 Å². The molecule has 6 heteroatoms. The fraction of sp³-hybridized carbons (Fsp3) is 0.409. The number of benzene rings is 2. The van der Waals surface area contributed by atoms with Crippen LogP contribution in [0.2, 0.25) is 5.02 Å². The summed E-state index contributed by atoms with van der Waals surface area (Å²) in [7, 11) is 1.58. The van der Waals surface area contributed by atoms with Crippen LogP contribution in [0, 0.1) is 6.92 Å². The SMILES string of the molecule is COc1cccc(C(=O)N2CCCC(O)(COc3cc(C)ccc3Cl)CC2)c1. The Hall–Kier alpha value is -2.24. The Labute approximate surface area is 170 Å². The Kier molecular flexibility index (Phi) is 6.47. The highest BCUT2D eigenvalue weighted by molar-refractivity contribution is 6.32. The van der Waals surface area contributed by atoms with Crippen molar-refractivity contribution in [3.05, 3.63) is 58.6 Å². The number of halogens is 1. The highest BCUT2D eigenvalue weighted by atomic mass is 35.5. The minimum absolute atomic E-state index is 0.0502. The second kappa shape index (κ2) is 8.84. The molecule has 1 aliphatic rings. The quantitative estimate of drug-likeness (QED) is 0.816. The molecule has 0 bridgehead atoms. The van der Waals surface area contributed by atoms with E-state index in [0.717, 1.165) is 5.56 Å². The lowest BCUT2D eigenvalue weighted by Crippen LogP contribution is -2.38. The summed E-state index contributed by atoms with van der Waals surface area (Å²) in [6, 6.07) is 12.7. The van der Waals surface area contributed by atoms with Crippen LogP contribution in [0.25, 0.3) is 0 Å². The zero-order chi connectivity index (χ0) is 20.1. The third kappa shape index (κ3) is 4.97. The highest BCUT2D eigenvalue weighted by Gasteiger charge is 2.33. The molecule has 1 heterocycles. The predicted molar refractivity (Wildman–Crippen MR) is 109 cm³/mol. The number of methoxy groups -OCH3 is 1. The van der Waals surface area contributed by atoms with E-state index < -0.39 is 5.60 Å². The molecule has 1 fully saturated rings. The third-order valence-corrected chi connectivity index (χ3v) is 5.42. The summed E-state index contributed by atoms with van der Waals surface area (Å²) in [6.07, 6.45) is 1.72. The molecule has 3 rings (SSSR count). The third-order valence-electron chi connectivity index (χ3n) is 5.10. The number of hydrogen-bond acceptors (Lipinski definition) is 4. The van der Waals surface area contributed by atoms with E-state index in [-0.39, 0.29) is 12.5 Å². The lowest BCUT2D eigenvalue weighted by molar-refractivity contribution is -0.0163. The number of amides is 1. The number of likely N-dealkylation sites (tertiary alicyclic amines) is 1. The van der Waals surface area contributed by atoms with Crippen LogP contribution in [0.3, 0.4) is 0 Å². The van der Waals surface area contributed by atoms with Gasteiger partial charge in [-0.25, -0.2) is 0 Å². The van der Waals surface area contributed by atoms with Crippen molar-refractivity contribution in [1.29, 1.82) is 0 Å². The molecule has 0 radical (unpaired) electrons. The van der Waals surface area contributed by atoms with Crippen LogP contribution < -0.4 is 9.47 Å². The number of carbonyl (C=O) groups is 1. The average molecular weight is 404 g/mol. The van der Waals surface area contributed by atoms with E-state index in [2.05, 4.69) is 0 Å². The van der Waals surface area contributed by atoms with E-state index in [1.807, 2.05) is 25.1 Å². The van der Waals surface area contributed by atoms with Crippen molar-refractivity contribution < 1.29 is 19.4 Å². The van der Waals surface area contributed by atoms with E-state index in [1.165, 1.54) is 0 Å². The van der Waals surface area contributed by atoms with Gasteiger partial charge in [-0.3, -0.25) is 4.79 Å². The molecular weight excluding hydrogens is 378 g/mol. The fourth-order valence-corrected chi connectivity index (χ4v) is 3.57. The monoisotopic (exact) mass is 403 g/mol. The maximum atomic E-state index is 12.8. The molecule has 28 heavy (non-hydrogen) atoms. The Morgan fingerprint density at radius 3 is 2.82 bits per heavy atom. The van der Waals surface area contributed by atoms with Crippen molar-refractivity contribution in [3.8, 4) is 11.5 Å². The summed E-state index contributed by atoms with van der Waals surface area (Å²) in [4.78, 5) is 14.6. The van der Waals surface area contributed by atoms with Gasteiger partial charge in [0.05, 0.1) is 12.1 Å². The Bertz CT molecular complexity index is 841. The van der Waals surface area contributed by atoms with Crippen LogP contribution in [0.5, 0.6) is 11.5 Å². The predicted octanol–water partition coefficient (Wildman–Crippen LogP) is 4.09. The molecule has 0 aliphatic carbocycles. The zero-order valence-electron chi connectivity index (χ0n) is 16.3. The smallest absolute Gasteiger partial charge is 0.253 e. The Morgan fingerprint density at radius 2 is 2.04 bits per heavy atom. The first-order valence-corrected chi connectivity index (χ1v) is 9.83. The van der Waals surface area contributed by atoms with Crippen LogP contribution in [0.1, 0.15) is 35.2 Å². The fourth-order valence-electron chi connectivity index (χ4n) is 3.40. The molecule has 1 atom stereocenters. The second-order valence-corrected chi connectivity index (χ2v) is 7.73.